The van der Waals surface area contributed by atoms with Crippen LogP contribution in [-0.2, 0) is 81.5 Å². The molecule has 10 aliphatic rings. The van der Waals surface area contributed by atoms with E-state index in [0.717, 1.165) is 50.6 Å². The summed E-state index contributed by atoms with van der Waals surface area (Å²) < 4.78 is 49.6. The van der Waals surface area contributed by atoms with Gasteiger partial charge in [0.05, 0.1) is 76.3 Å². The maximum Gasteiger partial charge on any atom is 0.320 e. The van der Waals surface area contributed by atoms with Crippen LogP contribution in [0.25, 0.3) is 0 Å². The highest BCUT2D eigenvalue weighted by Crippen LogP contribution is 2.41. The summed E-state index contributed by atoms with van der Waals surface area (Å²) in [5, 5.41) is 65.1. The molecule has 0 amide bonds. The number of hydrogen-bond acceptors (Lipinski definition) is 32. The van der Waals surface area contributed by atoms with Crippen molar-refractivity contribution >= 4 is 43.7 Å². The predicted molar refractivity (Wildman–Crippen MR) is 341 cm³/mol. The molecule has 100 heavy (non-hydrogen) atoms. The number of nitrogens with zero attached hydrogens (tertiary/aromatic N) is 7. The SMILES string of the molecule is COc1ccc(O[C@@H]2O[C@@H](CON3CCC[C@H]3C=O)[C@@H](O)C(O)C2ON2CCC[C@H]2C=O)cc1.COc1ccc(O[C@@H]2O[C@@H](CON3CCC[C@H]3C=O)[C@@H](O[C@@H]3OC(CON4CCC[C@H]4C=O)[C@H](O)C(O)[C@@H]3ON3CCC[C@H]3C=O)C(N3CCC[C@H]3C(=O)O)C2ON2CCC[C@H]2C=O)cc1. The minimum Gasteiger partial charge on any atom is -0.497 e. The van der Waals surface area contributed by atoms with Crippen LogP contribution < -0.4 is 18.9 Å². The van der Waals surface area contributed by atoms with Gasteiger partial charge in [-0.25, -0.2) is 0 Å². The van der Waals surface area contributed by atoms with Crippen molar-refractivity contribution in [1.29, 1.82) is 0 Å². The van der Waals surface area contributed by atoms with Crippen LogP contribution in [0.15, 0.2) is 48.5 Å². The van der Waals surface area contributed by atoms with Crippen LogP contribution in [0.3, 0.4) is 0 Å². The Bertz CT molecular complexity index is 2950. The van der Waals surface area contributed by atoms with Crippen LogP contribution in [-0.4, -0.2) is 319 Å². The second-order valence-corrected chi connectivity index (χ2v) is 26.5. The van der Waals surface area contributed by atoms with Crippen LogP contribution in [0.4, 0.5) is 0 Å². The van der Waals surface area contributed by atoms with Gasteiger partial charge < -0.3 is 92.2 Å². The van der Waals surface area contributed by atoms with Gasteiger partial charge in [-0.1, -0.05) is 0 Å². The van der Waals surface area contributed by atoms with E-state index in [2.05, 4.69) is 0 Å². The lowest BCUT2D eigenvalue weighted by atomic mass is 9.92. The van der Waals surface area contributed by atoms with Gasteiger partial charge in [-0.2, -0.15) is 30.4 Å². The van der Waals surface area contributed by atoms with Crippen molar-refractivity contribution in [3.05, 3.63) is 48.5 Å². The van der Waals surface area contributed by atoms with Gasteiger partial charge in [-0.15, -0.1) is 0 Å². The highest BCUT2D eigenvalue weighted by molar-refractivity contribution is 5.74. The zero-order chi connectivity index (χ0) is 70.4. The van der Waals surface area contributed by atoms with E-state index in [1.165, 1.54) is 22.3 Å². The number of likely N-dealkylation sites (tertiary alicyclic amines) is 1. The minimum absolute atomic E-state index is 0.0849. The number of methoxy groups -OCH3 is 2. The van der Waals surface area contributed by atoms with Crippen LogP contribution in [0.1, 0.15) is 89.9 Å². The molecular weight excluding hydrogens is 1320 g/mol. The second kappa shape index (κ2) is 36.1. The standard InChI is InChI=1S/C44H63N5O17.C23H32N2O9/c1-58-31-12-14-32(15-13-31)61-43-40(65-48-19-4-9-29(48)23-52)36(45-16-6-11-33(45)42(56)57)39(35(63-43)26-60-47-18-3-8-28(47)22-51)64-44-41(66-49-20-5-10-30(49)24-53)38(55)37(54)34(62-44)25-59-46-17-2-7-27(46)21-50;1-30-17-6-8-18(9-7-17)32-23-22(34-25-11-3-5-16(25)13-27)21(29)20(28)19(33-23)14-31-24-10-2-4-15(24)12-26/h12-15,21-24,27-30,33-41,43-44,54-55H,2-11,16-20,25-26H2,1H3,(H,56,57);6-9,12-13,15-16,19-23,28-29H,2-5,10-11,14H2,1H3/t27-,28-,29-,30-,33-,34?,35-,36?,37-,38?,39+,40?,41-,43+,44-;15-,16-,19-,20+,21?,22?,23+/m00/s1. The van der Waals surface area contributed by atoms with E-state index >= 15 is 0 Å². The molecule has 0 saturated carbocycles. The van der Waals surface area contributed by atoms with E-state index in [0.29, 0.717) is 133 Å². The summed E-state index contributed by atoms with van der Waals surface area (Å²) in [5.41, 5.74) is 0. The first kappa shape index (κ1) is 75.4. The summed E-state index contributed by atoms with van der Waals surface area (Å²) in [6.45, 7) is 2.33. The predicted octanol–water partition coefficient (Wildman–Crippen LogP) is -0.256. The largest absolute Gasteiger partial charge is 0.497 e. The maximum absolute atomic E-state index is 13.1. The van der Waals surface area contributed by atoms with Crippen molar-refractivity contribution in [1.82, 2.24) is 35.3 Å². The third-order valence-corrected chi connectivity index (χ3v) is 20.2. The van der Waals surface area contributed by atoms with E-state index in [4.69, 9.17) is 66.9 Å². The number of aliphatic hydroxyl groups is 4. The highest BCUT2D eigenvalue weighted by atomic mass is 16.8. The molecule has 12 rings (SSSR count). The smallest absolute Gasteiger partial charge is 0.320 e. The molecule has 0 bridgehead atoms. The number of carboxylic acid groups (broad SMARTS) is 1. The fourth-order valence-electron chi connectivity index (χ4n) is 14.7. The molecule has 2 aromatic rings. The summed E-state index contributed by atoms with van der Waals surface area (Å²) in [4.78, 5) is 123. The zero-order valence-electron chi connectivity index (χ0n) is 56.2. The van der Waals surface area contributed by atoms with E-state index < -0.39 is 134 Å². The summed E-state index contributed by atoms with van der Waals surface area (Å²) in [7, 11) is 3.09. The number of carbonyl (C=O) groups is 7. The molecule has 10 saturated heterocycles. The third kappa shape index (κ3) is 17.9. The van der Waals surface area contributed by atoms with Gasteiger partial charge in [0.2, 0.25) is 12.6 Å². The number of aldehydes is 6. The molecule has 0 aliphatic carbocycles. The summed E-state index contributed by atoms with van der Waals surface area (Å²) in [5.74, 6) is 0.915. The fourth-order valence-corrected chi connectivity index (χ4v) is 14.7. The first-order chi connectivity index (χ1) is 48.7. The van der Waals surface area contributed by atoms with E-state index in [1.54, 1.807) is 75.7 Å². The Morgan fingerprint density at radius 1 is 0.410 bits per heavy atom. The minimum atomic E-state index is -1.68. The number of ether oxygens (including phenoxy) is 8. The Morgan fingerprint density at radius 2 is 0.730 bits per heavy atom. The summed E-state index contributed by atoms with van der Waals surface area (Å²) in [6.07, 6.45) is -5.03. The van der Waals surface area contributed by atoms with Gasteiger partial charge >= 0.3 is 5.97 Å². The first-order valence-electron chi connectivity index (χ1n) is 34.8. The Hall–Kier alpha value is -5.71. The molecule has 33 nitrogen and oxygen atoms in total. The number of benzene rings is 2. The normalized spacial score (nSPS) is 37.2. The molecule has 0 spiro atoms. The van der Waals surface area contributed by atoms with Gasteiger partial charge in [0.25, 0.3) is 0 Å². The zero-order valence-corrected chi connectivity index (χ0v) is 56.2. The third-order valence-electron chi connectivity index (χ3n) is 20.2. The van der Waals surface area contributed by atoms with Crippen molar-refractivity contribution < 1.29 is 126 Å². The van der Waals surface area contributed by atoms with E-state index in [1.807, 2.05) is 0 Å². The molecule has 2 aromatic carbocycles. The van der Waals surface area contributed by atoms with E-state index in [-0.39, 0.29) is 38.8 Å². The van der Waals surface area contributed by atoms with Crippen LogP contribution >= 0.6 is 0 Å². The number of aliphatic hydroxyl groups excluding tert-OH is 4. The van der Waals surface area contributed by atoms with Gasteiger partial charge in [0, 0.05) is 39.3 Å². The topological polar surface area (TPSA) is 373 Å². The molecule has 33 heteroatoms. The Balaban J connectivity index is 0.000000248. The average Bonchev–Trinajstić information content (AvgIpc) is 1.17. The van der Waals surface area contributed by atoms with Crippen LogP contribution in [0.5, 0.6) is 23.0 Å². The number of aliphatic carboxylic acids is 1. The molecule has 0 aromatic heterocycles. The number of carboxylic acids is 1. The maximum atomic E-state index is 13.1. The fraction of sp³-hybridized carbons (Fsp3) is 0.716. The van der Waals surface area contributed by atoms with Crippen molar-refractivity contribution in [2.45, 2.75) is 224 Å². The highest BCUT2D eigenvalue weighted by Gasteiger charge is 2.59. The number of hydroxylamine groups is 12. The van der Waals surface area contributed by atoms with E-state index in [9.17, 15) is 59.1 Å². The van der Waals surface area contributed by atoms with Crippen LogP contribution in [0.2, 0.25) is 0 Å². The van der Waals surface area contributed by atoms with Gasteiger partial charge in [-0.3, -0.25) is 38.7 Å². The summed E-state index contributed by atoms with van der Waals surface area (Å²) >= 11 is 0. The molecule has 554 valence electrons. The molecule has 10 aliphatic heterocycles. The second-order valence-electron chi connectivity index (χ2n) is 26.5. The van der Waals surface area contributed by atoms with Crippen molar-refractivity contribution in [2.75, 3.05) is 79.9 Å². The number of rotatable bonds is 31. The van der Waals surface area contributed by atoms with Gasteiger partial charge in [-0.05, 0) is 145 Å². The molecule has 10 fully saturated rings. The first-order valence-corrected chi connectivity index (χ1v) is 34.8. The van der Waals surface area contributed by atoms with Crippen molar-refractivity contribution in [2.24, 2.45) is 0 Å². The molecule has 6 unspecified atom stereocenters. The number of hydrogen-bond donors (Lipinski definition) is 5. The lowest BCUT2D eigenvalue weighted by molar-refractivity contribution is -0.392. The molecule has 5 N–H and O–H groups in total. The lowest BCUT2D eigenvalue weighted by Crippen LogP contribution is -2.71. The van der Waals surface area contributed by atoms with Crippen molar-refractivity contribution in [3.63, 3.8) is 0 Å². The number of carbonyl (C=O) groups excluding carboxylic acids is 6. The Labute approximate surface area is 578 Å². The monoisotopic (exact) mass is 1410 g/mol. The summed E-state index contributed by atoms with van der Waals surface area (Å²) in [6, 6.07) is 8.35. The Kier molecular flexibility index (Phi) is 27.3. The van der Waals surface area contributed by atoms with Crippen molar-refractivity contribution in [3.8, 4) is 23.0 Å². The Morgan fingerprint density at radius 3 is 1.12 bits per heavy atom. The quantitative estimate of drug-likeness (QED) is 0.0607. The molecule has 0 radical (unpaired) electrons. The molecule has 10 heterocycles. The van der Waals surface area contributed by atoms with Gasteiger partial charge in [0.15, 0.2) is 24.6 Å². The lowest BCUT2D eigenvalue weighted by Gasteiger charge is -2.52. The average molecular weight is 1410 g/mol. The molecular formula is C67H95N7O26. The van der Waals surface area contributed by atoms with Gasteiger partial charge in [0.1, 0.15) is 116 Å². The van der Waals surface area contributed by atoms with Crippen LogP contribution in [0, 0.1) is 0 Å². The molecule has 22 atom stereocenters.